The minimum Gasteiger partial charge on any atom is -0.462 e. The molecule has 2 aromatic carbocycles. The lowest BCUT2D eigenvalue weighted by Gasteiger charge is -2.03. The summed E-state index contributed by atoms with van der Waals surface area (Å²) < 4.78 is 13.2. The van der Waals surface area contributed by atoms with Crippen LogP contribution in [0.15, 0.2) is 71.4 Å². The second-order valence-corrected chi connectivity index (χ2v) is 7.34. The van der Waals surface area contributed by atoms with Crippen molar-refractivity contribution in [1.82, 2.24) is 4.98 Å². The molecule has 29 heavy (non-hydrogen) atoms. The summed E-state index contributed by atoms with van der Waals surface area (Å²) in [5.74, 6) is -0.0106. The molecule has 2 heterocycles. The van der Waals surface area contributed by atoms with E-state index in [-0.39, 0.29) is 0 Å². The number of hydrogen-bond acceptors (Lipinski definition) is 4. The number of aromatic nitrogens is 2. The minimum absolute atomic E-state index is 0.335. The van der Waals surface area contributed by atoms with Crippen molar-refractivity contribution in [3.63, 3.8) is 0 Å². The van der Waals surface area contributed by atoms with E-state index in [1.807, 2.05) is 35.2 Å². The Morgan fingerprint density at radius 3 is 2.55 bits per heavy atom. The number of hydrogen-bond donors (Lipinski definition) is 0. The number of carbonyl (C=O) groups excluding carboxylic acids is 1. The zero-order chi connectivity index (χ0) is 20.2. The number of pyridine rings is 1. The second kappa shape index (κ2) is 8.64. The Labute approximate surface area is 177 Å². The molecule has 0 amide bonds. The van der Waals surface area contributed by atoms with Crippen molar-refractivity contribution in [3.8, 4) is 11.5 Å². The van der Waals surface area contributed by atoms with E-state index in [0.717, 1.165) is 13.0 Å². The Morgan fingerprint density at radius 2 is 1.79 bits per heavy atom. The number of esters is 1. The van der Waals surface area contributed by atoms with Crippen molar-refractivity contribution < 1.29 is 18.5 Å². The molecule has 0 atom stereocenters. The molecule has 5 nitrogen and oxygen atoms in total. The van der Waals surface area contributed by atoms with E-state index < -0.39 is 5.97 Å². The third-order valence-corrected chi connectivity index (χ3v) is 4.74. The van der Waals surface area contributed by atoms with E-state index >= 15 is 0 Å². The minimum atomic E-state index is -0.395. The highest BCUT2D eigenvalue weighted by Crippen LogP contribution is 2.29. The fourth-order valence-corrected chi connectivity index (χ4v) is 3.46. The number of nitrogens with zero attached hydrogens (tertiary/aromatic N) is 2. The number of carbonyl (C=O) groups is 1. The molecule has 0 aliphatic heterocycles. The van der Waals surface area contributed by atoms with Crippen LogP contribution in [0.25, 0.3) is 22.6 Å². The first-order valence-corrected chi connectivity index (χ1v) is 9.82. The van der Waals surface area contributed by atoms with Crippen LogP contribution >= 0.6 is 23.2 Å². The third-order valence-electron chi connectivity index (χ3n) is 4.30. The molecule has 0 fully saturated rings. The van der Waals surface area contributed by atoms with Crippen LogP contribution in [0, 0.1) is 0 Å². The Hall–Kier alpha value is -2.89. The molecule has 0 aliphatic rings. The first kappa shape index (κ1) is 19.4. The molecule has 0 radical (unpaired) electrons. The van der Waals surface area contributed by atoms with Crippen molar-refractivity contribution >= 4 is 40.3 Å². The summed E-state index contributed by atoms with van der Waals surface area (Å²) in [7, 11) is 0. The van der Waals surface area contributed by atoms with Crippen LogP contribution in [0.4, 0.5) is 0 Å². The fourth-order valence-electron chi connectivity index (χ4n) is 2.93. The second-order valence-electron chi connectivity index (χ2n) is 6.46. The fraction of sp³-hybridized carbons (Fsp3) is 0.136. The van der Waals surface area contributed by atoms with Gasteiger partial charge in [0, 0.05) is 34.2 Å². The molecule has 0 spiro atoms. The third kappa shape index (κ3) is 4.75. The predicted octanol–water partition coefficient (Wildman–Crippen LogP) is 5.34. The number of rotatable bonds is 6. The van der Waals surface area contributed by atoms with Gasteiger partial charge in [-0.2, -0.15) is 0 Å². The van der Waals surface area contributed by atoms with Crippen LogP contribution in [-0.2, 0) is 11.3 Å². The molecule has 4 rings (SSSR count). The van der Waals surface area contributed by atoms with Crippen LogP contribution in [-0.4, -0.2) is 17.6 Å². The maximum atomic E-state index is 12.3. The molecular formula is C22H17Cl2N2O3+. The van der Waals surface area contributed by atoms with E-state index in [9.17, 15) is 4.79 Å². The summed E-state index contributed by atoms with van der Waals surface area (Å²) in [5, 5.41) is 0.986. The summed E-state index contributed by atoms with van der Waals surface area (Å²) in [4.78, 5) is 16.8. The highest BCUT2D eigenvalue weighted by molar-refractivity contribution is 6.35. The van der Waals surface area contributed by atoms with Gasteiger partial charge >= 0.3 is 5.97 Å². The molecule has 0 saturated carbocycles. The van der Waals surface area contributed by atoms with Gasteiger partial charge in [0.05, 0.1) is 12.2 Å². The molecule has 4 aromatic rings. The first-order chi connectivity index (χ1) is 14.1. The molecule has 0 unspecified atom stereocenters. The Balaban J connectivity index is 1.43. The number of benzene rings is 2. The quantitative estimate of drug-likeness (QED) is 0.237. The summed E-state index contributed by atoms with van der Waals surface area (Å²) in [5.41, 5.74) is 2.21. The molecule has 7 heteroatoms. The summed E-state index contributed by atoms with van der Waals surface area (Å²) >= 11 is 12.1. The van der Waals surface area contributed by atoms with E-state index in [1.54, 1.807) is 36.4 Å². The largest absolute Gasteiger partial charge is 0.462 e. The van der Waals surface area contributed by atoms with E-state index in [2.05, 4.69) is 4.98 Å². The van der Waals surface area contributed by atoms with Crippen molar-refractivity contribution in [1.29, 1.82) is 0 Å². The standard InChI is InChI=1S/C22H17Cl2N2O3/c23-17-11-16(12-18(24)14-17)21-25-19-6-5-15(13-20(19)29-21)22(27)28-10-4-9-26-7-2-1-3-8-26/h1-3,5-8,11-14H,4,9-10H2/q+1. The Morgan fingerprint density at radius 1 is 1.03 bits per heavy atom. The van der Waals surface area contributed by atoms with Gasteiger partial charge in [-0.15, -0.1) is 0 Å². The average molecular weight is 428 g/mol. The Kier molecular flexibility index (Phi) is 5.79. The summed E-state index contributed by atoms with van der Waals surface area (Å²) in [6.07, 6.45) is 4.68. The number of aryl methyl sites for hydroxylation is 1. The van der Waals surface area contributed by atoms with Gasteiger partial charge in [-0.25, -0.2) is 14.3 Å². The van der Waals surface area contributed by atoms with E-state index in [0.29, 0.717) is 44.8 Å². The molecule has 146 valence electrons. The van der Waals surface area contributed by atoms with Gasteiger partial charge < -0.3 is 9.15 Å². The zero-order valence-electron chi connectivity index (χ0n) is 15.3. The summed E-state index contributed by atoms with van der Waals surface area (Å²) in [6.45, 7) is 1.11. The molecule has 0 saturated heterocycles. The predicted molar refractivity (Wildman–Crippen MR) is 111 cm³/mol. The van der Waals surface area contributed by atoms with Gasteiger partial charge in [0.1, 0.15) is 5.52 Å². The normalized spacial score (nSPS) is 11.0. The maximum Gasteiger partial charge on any atom is 0.338 e. The highest BCUT2D eigenvalue weighted by Gasteiger charge is 2.14. The van der Waals surface area contributed by atoms with Crippen molar-refractivity contribution in [2.24, 2.45) is 0 Å². The lowest BCUT2D eigenvalue weighted by molar-refractivity contribution is -0.697. The SMILES string of the molecule is O=C(OCCC[n+]1ccccc1)c1ccc2nc(-c3cc(Cl)cc(Cl)c3)oc2c1. The zero-order valence-corrected chi connectivity index (χ0v) is 16.9. The monoisotopic (exact) mass is 427 g/mol. The van der Waals surface area contributed by atoms with Crippen LogP contribution in [0.2, 0.25) is 10.0 Å². The van der Waals surface area contributed by atoms with Crippen molar-refractivity contribution in [2.45, 2.75) is 13.0 Å². The van der Waals surface area contributed by atoms with Crippen LogP contribution < -0.4 is 4.57 Å². The van der Waals surface area contributed by atoms with Crippen molar-refractivity contribution in [3.05, 3.63) is 82.6 Å². The number of fused-ring (bicyclic) bond motifs is 1. The maximum absolute atomic E-state index is 12.3. The molecule has 0 N–H and O–H groups in total. The van der Waals surface area contributed by atoms with Gasteiger partial charge in [-0.05, 0) is 36.4 Å². The van der Waals surface area contributed by atoms with E-state index in [4.69, 9.17) is 32.4 Å². The lowest BCUT2D eigenvalue weighted by atomic mass is 10.2. The van der Waals surface area contributed by atoms with Gasteiger partial charge in [0.15, 0.2) is 24.5 Å². The number of oxazole rings is 1. The van der Waals surface area contributed by atoms with Gasteiger partial charge in [0.25, 0.3) is 0 Å². The van der Waals surface area contributed by atoms with Gasteiger partial charge in [0.2, 0.25) is 5.89 Å². The van der Waals surface area contributed by atoms with Gasteiger partial charge in [-0.3, -0.25) is 0 Å². The Bertz CT molecular complexity index is 1140. The molecular weight excluding hydrogens is 411 g/mol. The highest BCUT2D eigenvalue weighted by atomic mass is 35.5. The topological polar surface area (TPSA) is 56.2 Å². The number of halogens is 2. The number of ether oxygens (including phenoxy) is 1. The van der Waals surface area contributed by atoms with E-state index in [1.165, 1.54) is 0 Å². The lowest BCUT2D eigenvalue weighted by Crippen LogP contribution is -2.32. The van der Waals surface area contributed by atoms with Crippen LogP contribution in [0.1, 0.15) is 16.8 Å². The molecule has 2 aromatic heterocycles. The molecule has 0 bridgehead atoms. The van der Waals surface area contributed by atoms with Crippen LogP contribution in [0.5, 0.6) is 0 Å². The average Bonchev–Trinajstić information content (AvgIpc) is 3.14. The van der Waals surface area contributed by atoms with Crippen LogP contribution in [0.3, 0.4) is 0 Å². The first-order valence-electron chi connectivity index (χ1n) is 9.07. The van der Waals surface area contributed by atoms with Crippen molar-refractivity contribution in [2.75, 3.05) is 6.61 Å². The summed E-state index contributed by atoms with van der Waals surface area (Å²) in [6, 6.07) is 16.0. The molecule has 0 aliphatic carbocycles. The smallest absolute Gasteiger partial charge is 0.338 e. The van der Waals surface area contributed by atoms with Gasteiger partial charge in [-0.1, -0.05) is 29.3 Å².